The molecule has 0 aromatic carbocycles. The van der Waals surface area contributed by atoms with Gasteiger partial charge in [0, 0.05) is 25.6 Å². The van der Waals surface area contributed by atoms with Crippen molar-refractivity contribution in [3.8, 4) is 0 Å². The molecule has 16 heteroatoms. The first kappa shape index (κ1) is 34.6. The molecule has 16 nitrogen and oxygen atoms in total. The minimum atomic E-state index is -1.53. The molecule has 1 unspecified atom stereocenters. The lowest BCUT2D eigenvalue weighted by Gasteiger charge is -2.48. The molecule has 240 valence electrons. The number of carbonyl (C=O) groups is 1. The summed E-state index contributed by atoms with van der Waals surface area (Å²) >= 11 is 0. The van der Waals surface area contributed by atoms with Crippen molar-refractivity contribution in [2.24, 2.45) is 28.9 Å². The number of aliphatic hydroxyl groups is 6. The summed E-state index contributed by atoms with van der Waals surface area (Å²) in [4.78, 5) is 12.8. The van der Waals surface area contributed by atoms with Crippen molar-refractivity contribution in [1.29, 1.82) is 0 Å². The van der Waals surface area contributed by atoms with Crippen LogP contribution in [0.1, 0.15) is 32.1 Å². The number of nitrogens with one attached hydrogen (secondary N) is 1. The van der Waals surface area contributed by atoms with E-state index in [1.165, 1.54) is 0 Å². The molecule has 15 N–H and O–H groups in total. The highest BCUT2D eigenvalue weighted by Crippen LogP contribution is 2.36. The minimum absolute atomic E-state index is 0.0219. The van der Waals surface area contributed by atoms with Crippen molar-refractivity contribution in [3.63, 3.8) is 0 Å². The van der Waals surface area contributed by atoms with E-state index in [1.807, 2.05) is 0 Å². The monoisotopic (exact) mass is 595 g/mol. The number of Topliss-reactive ketones (excluding diaryl/α,β-unsaturated/α-hetero) is 1. The van der Waals surface area contributed by atoms with Gasteiger partial charge in [-0.05, 0) is 38.1 Å². The van der Waals surface area contributed by atoms with Gasteiger partial charge in [-0.25, -0.2) is 0 Å². The molecule has 0 amide bonds. The Bertz CT molecular complexity index is 801. The van der Waals surface area contributed by atoms with Crippen molar-refractivity contribution in [2.45, 2.75) is 112 Å². The summed E-state index contributed by atoms with van der Waals surface area (Å²) in [6, 6.07) is -2.52. The van der Waals surface area contributed by atoms with Crippen LogP contribution in [-0.4, -0.2) is 149 Å². The van der Waals surface area contributed by atoms with Crippen LogP contribution in [0.3, 0.4) is 0 Å². The lowest BCUT2D eigenvalue weighted by Crippen LogP contribution is -2.66. The van der Waals surface area contributed by atoms with E-state index in [1.54, 1.807) is 0 Å². The number of nitrogens with two attached hydrogens (primary N) is 4. The van der Waals surface area contributed by atoms with Crippen LogP contribution in [0, 0.1) is 5.92 Å². The molecule has 0 spiro atoms. The summed E-state index contributed by atoms with van der Waals surface area (Å²) < 4.78 is 23.7. The van der Waals surface area contributed by atoms with Gasteiger partial charge < -0.3 is 77.8 Å². The van der Waals surface area contributed by atoms with Gasteiger partial charge in [-0.1, -0.05) is 0 Å². The predicted octanol–water partition coefficient (Wildman–Crippen LogP) is -5.69. The second-order valence-electron chi connectivity index (χ2n) is 11.2. The van der Waals surface area contributed by atoms with Crippen molar-refractivity contribution in [1.82, 2.24) is 5.32 Å². The molecule has 0 aromatic heterocycles. The molecule has 0 bridgehead atoms. The largest absolute Gasteiger partial charge is 0.395 e. The Hall–Kier alpha value is -0.930. The van der Waals surface area contributed by atoms with Crippen molar-refractivity contribution >= 4 is 5.78 Å². The minimum Gasteiger partial charge on any atom is -0.395 e. The van der Waals surface area contributed by atoms with E-state index in [-0.39, 0.29) is 38.5 Å². The second kappa shape index (κ2) is 16.2. The SMILES string of the molecule is NCC[C@H](O)C(=O)C[C@@H]1C[C@H](N)C(O[C@H]2O[C@H](CNCCO)CC[C@H]2N)[C@H](O)[C@H]1O[C@H]1O[C@H](CO)[C@@H](O)[C@H](N)[C@H]1O. The van der Waals surface area contributed by atoms with Gasteiger partial charge in [-0.2, -0.15) is 0 Å². The Morgan fingerprint density at radius 2 is 1.66 bits per heavy atom. The van der Waals surface area contributed by atoms with Gasteiger partial charge in [0.25, 0.3) is 0 Å². The summed E-state index contributed by atoms with van der Waals surface area (Å²) in [5, 5.41) is 64.2. The van der Waals surface area contributed by atoms with Gasteiger partial charge in [0.1, 0.15) is 36.6 Å². The fourth-order valence-corrected chi connectivity index (χ4v) is 5.66. The highest BCUT2D eigenvalue weighted by atomic mass is 16.7. The van der Waals surface area contributed by atoms with Gasteiger partial charge in [0.05, 0.1) is 37.5 Å². The molecule has 3 aliphatic rings. The quantitative estimate of drug-likeness (QED) is 0.0834. The Morgan fingerprint density at radius 1 is 0.951 bits per heavy atom. The third-order valence-corrected chi connectivity index (χ3v) is 8.09. The Labute approximate surface area is 239 Å². The van der Waals surface area contributed by atoms with Crippen LogP contribution < -0.4 is 28.3 Å². The van der Waals surface area contributed by atoms with Gasteiger partial charge in [0.2, 0.25) is 0 Å². The molecular weight excluding hydrogens is 546 g/mol. The summed E-state index contributed by atoms with van der Waals surface area (Å²) in [6.07, 6.45) is -10.5. The van der Waals surface area contributed by atoms with Gasteiger partial charge in [-0.15, -0.1) is 0 Å². The number of carbonyl (C=O) groups excluding carboxylic acids is 1. The maximum absolute atomic E-state index is 12.8. The van der Waals surface area contributed by atoms with E-state index in [2.05, 4.69) is 5.32 Å². The summed E-state index contributed by atoms with van der Waals surface area (Å²) in [7, 11) is 0. The molecular formula is C25H49N5O11. The van der Waals surface area contributed by atoms with Crippen molar-refractivity contribution in [3.05, 3.63) is 0 Å². The van der Waals surface area contributed by atoms with Crippen LogP contribution in [0.25, 0.3) is 0 Å². The molecule has 14 atom stereocenters. The van der Waals surface area contributed by atoms with E-state index in [0.717, 1.165) is 0 Å². The zero-order valence-corrected chi connectivity index (χ0v) is 23.2. The Balaban J connectivity index is 1.79. The molecule has 3 fully saturated rings. The highest BCUT2D eigenvalue weighted by Gasteiger charge is 2.51. The smallest absolute Gasteiger partial charge is 0.186 e. The average Bonchev–Trinajstić information content (AvgIpc) is 2.94. The van der Waals surface area contributed by atoms with Gasteiger partial charge in [-0.3, -0.25) is 4.79 Å². The molecule has 1 saturated carbocycles. The first-order valence-corrected chi connectivity index (χ1v) is 14.3. The molecule has 2 aliphatic heterocycles. The number of aliphatic hydroxyl groups excluding tert-OH is 6. The van der Waals surface area contributed by atoms with Gasteiger partial charge >= 0.3 is 0 Å². The zero-order chi connectivity index (χ0) is 30.3. The second-order valence-corrected chi connectivity index (χ2v) is 11.2. The van der Waals surface area contributed by atoms with Crippen LogP contribution in [-0.2, 0) is 23.7 Å². The maximum Gasteiger partial charge on any atom is 0.186 e. The average molecular weight is 596 g/mol. The predicted molar refractivity (Wildman–Crippen MR) is 143 cm³/mol. The standard InChI is InChI=1S/C25H49N5O11/c26-4-3-15(33)16(34)8-11-7-14(28)23(41-24-13(27)2-1-12(38-24)9-30-5-6-31)21(37)22(11)40-25-20(36)18(29)19(35)17(10-32)39-25/h11-15,17-25,30-33,35-37H,1-10,26-29H2/t11-,12-,13+,14-,15-,17+,18-,19+,20+,21+,22-,23?,24+,25+/m0/s1. The molecule has 41 heavy (non-hydrogen) atoms. The van der Waals surface area contributed by atoms with Crippen molar-refractivity contribution in [2.75, 3.05) is 32.8 Å². The third kappa shape index (κ3) is 8.81. The number of hydrogen-bond donors (Lipinski definition) is 11. The topological polar surface area (TPSA) is 291 Å². The van der Waals surface area contributed by atoms with E-state index < -0.39 is 91.7 Å². The van der Waals surface area contributed by atoms with Crippen molar-refractivity contribution < 1.29 is 54.4 Å². The van der Waals surface area contributed by atoms with Crippen LogP contribution in [0.4, 0.5) is 0 Å². The van der Waals surface area contributed by atoms with Crippen LogP contribution in [0.15, 0.2) is 0 Å². The molecule has 0 radical (unpaired) electrons. The van der Waals surface area contributed by atoms with E-state index in [4.69, 9.17) is 47.0 Å². The fraction of sp³-hybridized carbons (Fsp3) is 0.960. The number of ether oxygens (including phenoxy) is 4. The lowest BCUT2D eigenvalue weighted by atomic mass is 9.76. The number of ketones is 1. The van der Waals surface area contributed by atoms with Crippen LogP contribution >= 0.6 is 0 Å². The molecule has 2 heterocycles. The molecule has 1 aliphatic carbocycles. The summed E-state index contributed by atoms with van der Waals surface area (Å²) in [5.74, 6) is -1.25. The number of rotatable bonds is 14. The first-order chi connectivity index (χ1) is 19.5. The van der Waals surface area contributed by atoms with E-state index >= 15 is 0 Å². The molecule has 2 saturated heterocycles. The normalized spacial score (nSPS) is 42.6. The molecule has 3 rings (SSSR count). The highest BCUT2D eigenvalue weighted by molar-refractivity contribution is 5.83. The van der Waals surface area contributed by atoms with Crippen LogP contribution in [0.2, 0.25) is 0 Å². The van der Waals surface area contributed by atoms with Gasteiger partial charge in [0.15, 0.2) is 18.4 Å². The van der Waals surface area contributed by atoms with Crippen LogP contribution in [0.5, 0.6) is 0 Å². The maximum atomic E-state index is 12.8. The Morgan fingerprint density at radius 3 is 2.32 bits per heavy atom. The molecule has 0 aromatic rings. The third-order valence-electron chi connectivity index (χ3n) is 8.09. The lowest BCUT2D eigenvalue weighted by molar-refractivity contribution is -0.318. The zero-order valence-electron chi connectivity index (χ0n) is 23.2. The summed E-state index contributed by atoms with van der Waals surface area (Å²) in [6.45, 7) is 0.326. The summed E-state index contributed by atoms with van der Waals surface area (Å²) in [5.41, 5.74) is 24.1. The van der Waals surface area contributed by atoms with E-state index in [0.29, 0.717) is 25.9 Å². The number of hydrogen-bond acceptors (Lipinski definition) is 16. The Kier molecular flexibility index (Phi) is 13.7. The first-order valence-electron chi connectivity index (χ1n) is 14.3. The fourth-order valence-electron chi connectivity index (χ4n) is 5.66. The van der Waals surface area contributed by atoms with E-state index in [9.17, 15) is 30.3 Å².